The van der Waals surface area contributed by atoms with Gasteiger partial charge in [0.05, 0.1) is 5.71 Å². The molecule has 1 aliphatic carbocycles. The number of carbonyl (C=O) groups is 1. The monoisotopic (exact) mass is 342 g/mol. The topological polar surface area (TPSA) is 41.5 Å². The van der Waals surface area contributed by atoms with Crippen LogP contribution in [0.3, 0.4) is 0 Å². The number of hydrazone groups is 1. The summed E-state index contributed by atoms with van der Waals surface area (Å²) >= 11 is 0. The third-order valence-electron chi connectivity index (χ3n) is 5.26. The van der Waals surface area contributed by atoms with E-state index in [1.807, 2.05) is 6.92 Å². The van der Waals surface area contributed by atoms with Gasteiger partial charge in [0.25, 0.3) is 0 Å². The lowest BCUT2D eigenvalue weighted by atomic mass is 9.84. The Labute approximate surface area is 153 Å². The van der Waals surface area contributed by atoms with Crippen LogP contribution in [0.25, 0.3) is 0 Å². The third-order valence-corrected chi connectivity index (χ3v) is 5.26. The Hall–Kier alpha value is -1.64. The van der Waals surface area contributed by atoms with Crippen molar-refractivity contribution in [2.45, 2.75) is 90.4 Å². The molecule has 2 rings (SSSR count). The highest BCUT2D eigenvalue weighted by Gasteiger charge is 2.15. The second kappa shape index (κ2) is 11.1. The Morgan fingerprint density at radius 1 is 1.04 bits per heavy atom. The first-order valence-electron chi connectivity index (χ1n) is 10.1. The number of unbranched alkanes of at least 4 members (excludes halogenated alkanes) is 4. The number of nitrogens with one attached hydrogen (secondary N) is 1. The van der Waals surface area contributed by atoms with Gasteiger partial charge in [-0.05, 0) is 43.2 Å². The summed E-state index contributed by atoms with van der Waals surface area (Å²) in [6.07, 6.45) is 13.1. The summed E-state index contributed by atoms with van der Waals surface area (Å²) in [6, 6.07) is 8.75. The van der Waals surface area contributed by atoms with E-state index < -0.39 is 0 Å². The molecule has 1 N–H and O–H groups in total. The summed E-state index contributed by atoms with van der Waals surface area (Å²) in [5, 5.41) is 4.27. The number of carbonyl (C=O) groups excluding carboxylic acids is 1. The van der Waals surface area contributed by atoms with Gasteiger partial charge >= 0.3 is 0 Å². The zero-order chi connectivity index (χ0) is 17.9. The molecule has 1 fully saturated rings. The fourth-order valence-corrected chi connectivity index (χ4v) is 3.59. The Morgan fingerprint density at radius 2 is 1.72 bits per heavy atom. The van der Waals surface area contributed by atoms with E-state index in [1.165, 1.54) is 56.9 Å². The maximum atomic E-state index is 11.9. The molecule has 0 aliphatic heterocycles. The minimum absolute atomic E-state index is 0.0228. The molecule has 1 aromatic rings. The summed E-state index contributed by atoms with van der Waals surface area (Å²) in [7, 11) is 0. The smallest absolute Gasteiger partial charge is 0.240 e. The van der Waals surface area contributed by atoms with Crippen molar-refractivity contribution in [1.29, 1.82) is 0 Å². The second-order valence-electron chi connectivity index (χ2n) is 7.35. The van der Waals surface area contributed by atoms with Crippen molar-refractivity contribution in [3.05, 3.63) is 35.4 Å². The third kappa shape index (κ3) is 7.01. The molecule has 1 saturated carbocycles. The average Bonchev–Trinajstić information content (AvgIpc) is 2.67. The molecule has 1 aliphatic rings. The zero-order valence-corrected chi connectivity index (χ0v) is 16.0. The van der Waals surface area contributed by atoms with Gasteiger partial charge in [0, 0.05) is 6.42 Å². The Morgan fingerprint density at radius 3 is 2.40 bits per heavy atom. The molecule has 0 spiro atoms. The van der Waals surface area contributed by atoms with Crippen LogP contribution in [0, 0.1) is 0 Å². The summed E-state index contributed by atoms with van der Waals surface area (Å²) < 4.78 is 0. The first-order valence-corrected chi connectivity index (χ1v) is 10.1. The molecule has 3 nitrogen and oxygen atoms in total. The van der Waals surface area contributed by atoms with Gasteiger partial charge in [0.15, 0.2) is 0 Å². The van der Waals surface area contributed by atoms with Crippen molar-refractivity contribution in [3.63, 3.8) is 0 Å². The Balaban J connectivity index is 1.77. The van der Waals surface area contributed by atoms with Crippen molar-refractivity contribution in [3.8, 4) is 0 Å². The van der Waals surface area contributed by atoms with Crippen LogP contribution in [0.15, 0.2) is 29.4 Å². The molecule has 3 heteroatoms. The van der Waals surface area contributed by atoms with Gasteiger partial charge in [-0.15, -0.1) is 0 Å². The van der Waals surface area contributed by atoms with E-state index in [4.69, 9.17) is 0 Å². The van der Waals surface area contributed by atoms with E-state index in [2.05, 4.69) is 41.7 Å². The molecule has 0 saturated heterocycles. The summed E-state index contributed by atoms with van der Waals surface area (Å²) in [5.74, 6) is 0.752. The molecule has 0 atom stereocenters. The van der Waals surface area contributed by atoms with Gasteiger partial charge in [0.1, 0.15) is 0 Å². The van der Waals surface area contributed by atoms with Gasteiger partial charge in [0.2, 0.25) is 5.91 Å². The average molecular weight is 343 g/mol. The molecule has 25 heavy (non-hydrogen) atoms. The fourth-order valence-electron chi connectivity index (χ4n) is 3.59. The van der Waals surface area contributed by atoms with Gasteiger partial charge in [-0.25, -0.2) is 5.43 Å². The minimum atomic E-state index is 0.0228. The van der Waals surface area contributed by atoms with Crippen LogP contribution in [-0.2, 0) is 4.79 Å². The number of hydrogen-bond acceptors (Lipinski definition) is 2. The van der Waals surface area contributed by atoms with Gasteiger partial charge in [-0.1, -0.05) is 76.1 Å². The van der Waals surface area contributed by atoms with E-state index in [1.54, 1.807) is 0 Å². The highest BCUT2D eigenvalue weighted by Crippen LogP contribution is 2.32. The lowest BCUT2D eigenvalue weighted by molar-refractivity contribution is -0.121. The Kier molecular flexibility index (Phi) is 8.71. The fraction of sp³-hybridized carbons (Fsp3) is 0.636. The number of rotatable bonds is 9. The van der Waals surface area contributed by atoms with Crippen LogP contribution in [-0.4, -0.2) is 11.6 Å². The Bertz CT molecular complexity index is 542. The first kappa shape index (κ1) is 19.7. The molecule has 1 aromatic carbocycles. The number of hydrogen-bond donors (Lipinski definition) is 1. The molecular weight excluding hydrogens is 308 g/mol. The maximum Gasteiger partial charge on any atom is 0.240 e. The van der Waals surface area contributed by atoms with Crippen LogP contribution < -0.4 is 5.43 Å². The van der Waals surface area contributed by atoms with E-state index in [-0.39, 0.29) is 5.91 Å². The molecule has 138 valence electrons. The molecule has 0 radical (unpaired) electrons. The van der Waals surface area contributed by atoms with Gasteiger partial charge in [-0.3, -0.25) is 4.79 Å². The number of benzene rings is 1. The normalized spacial score (nSPS) is 16.0. The van der Waals surface area contributed by atoms with Crippen LogP contribution in [0.4, 0.5) is 0 Å². The number of nitrogens with zero attached hydrogens (tertiary/aromatic N) is 1. The minimum Gasteiger partial charge on any atom is -0.273 e. The van der Waals surface area contributed by atoms with Gasteiger partial charge in [-0.2, -0.15) is 5.10 Å². The van der Waals surface area contributed by atoms with E-state index in [9.17, 15) is 4.79 Å². The van der Waals surface area contributed by atoms with Crippen molar-refractivity contribution in [2.24, 2.45) is 5.10 Å². The number of amides is 1. The van der Waals surface area contributed by atoms with Crippen LogP contribution in [0.2, 0.25) is 0 Å². The summed E-state index contributed by atoms with van der Waals surface area (Å²) in [5.41, 5.74) is 6.11. The van der Waals surface area contributed by atoms with Crippen molar-refractivity contribution >= 4 is 11.6 Å². The van der Waals surface area contributed by atoms with Crippen LogP contribution >= 0.6 is 0 Å². The predicted octanol–water partition coefficient (Wildman–Crippen LogP) is 5.94. The van der Waals surface area contributed by atoms with E-state index in [0.29, 0.717) is 6.42 Å². The standard InChI is InChI=1S/C22H34N2O/c1-3-4-5-6-10-13-22(25)24-23-18(2)19-14-16-21(17-15-19)20-11-8-7-9-12-20/h14-17,20H,3-13H2,1-2H3,(H,24,25). The molecule has 1 amide bonds. The zero-order valence-electron chi connectivity index (χ0n) is 16.0. The van der Waals surface area contributed by atoms with Crippen molar-refractivity contribution in [1.82, 2.24) is 5.43 Å². The predicted molar refractivity (Wildman–Crippen MR) is 106 cm³/mol. The van der Waals surface area contributed by atoms with Crippen molar-refractivity contribution < 1.29 is 4.79 Å². The van der Waals surface area contributed by atoms with E-state index >= 15 is 0 Å². The first-order chi connectivity index (χ1) is 12.2. The lowest BCUT2D eigenvalue weighted by Gasteiger charge is -2.22. The quantitative estimate of drug-likeness (QED) is 0.337. The van der Waals surface area contributed by atoms with Crippen molar-refractivity contribution in [2.75, 3.05) is 0 Å². The van der Waals surface area contributed by atoms with Crippen LogP contribution in [0.1, 0.15) is 102 Å². The highest BCUT2D eigenvalue weighted by molar-refractivity contribution is 5.99. The molecule has 0 unspecified atom stereocenters. The SMILES string of the molecule is CCCCCCCC(=O)NN=C(C)c1ccc(C2CCCCC2)cc1. The highest BCUT2D eigenvalue weighted by atomic mass is 16.2. The molecule has 0 bridgehead atoms. The second-order valence-corrected chi connectivity index (χ2v) is 7.35. The van der Waals surface area contributed by atoms with E-state index in [0.717, 1.165) is 30.0 Å². The maximum absolute atomic E-state index is 11.9. The summed E-state index contributed by atoms with van der Waals surface area (Å²) in [4.78, 5) is 11.9. The largest absolute Gasteiger partial charge is 0.273 e. The van der Waals surface area contributed by atoms with Crippen LogP contribution in [0.5, 0.6) is 0 Å². The lowest BCUT2D eigenvalue weighted by Crippen LogP contribution is -2.18. The molecular formula is C22H34N2O. The molecule has 0 aromatic heterocycles. The summed E-state index contributed by atoms with van der Waals surface area (Å²) in [6.45, 7) is 4.16. The van der Waals surface area contributed by atoms with Gasteiger partial charge < -0.3 is 0 Å². The molecule has 0 heterocycles.